The zero-order valence-electron chi connectivity index (χ0n) is 14.4. The Balaban J connectivity index is 1.92. The van der Waals surface area contributed by atoms with E-state index in [1.807, 2.05) is 31.2 Å². The molecule has 0 aliphatic carbocycles. The highest BCUT2D eigenvalue weighted by atomic mass is 19.4. The van der Waals surface area contributed by atoms with Crippen LogP contribution in [0.3, 0.4) is 0 Å². The number of rotatable bonds is 3. The van der Waals surface area contributed by atoms with E-state index in [9.17, 15) is 13.2 Å². The van der Waals surface area contributed by atoms with Gasteiger partial charge in [0.05, 0.1) is 11.1 Å². The van der Waals surface area contributed by atoms with E-state index in [-0.39, 0.29) is 0 Å². The number of fused-ring (bicyclic) bond motifs is 1. The quantitative estimate of drug-likeness (QED) is 0.522. The Bertz CT molecular complexity index is 1090. The summed E-state index contributed by atoms with van der Waals surface area (Å²) >= 11 is 0. The third kappa shape index (κ3) is 3.28. The molecule has 7 heteroatoms. The van der Waals surface area contributed by atoms with E-state index in [0.29, 0.717) is 5.56 Å². The molecule has 0 aliphatic heterocycles. The normalized spacial score (nSPS) is 13.0. The summed E-state index contributed by atoms with van der Waals surface area (Å²) in [6.07, 6.45) is 0.187. The van der Waals surface area contributed by atoms with Gasteiger partial charge in [0.1, 0.15) is 18.7 Å². The van der Waals surface area contributed by atoms with Crippen LogP contribution in [-0.4, -0.2) is 19.7 Å². The Labute approximate surface area is 153 Å². The highest BCUT2D eigenvalue weighted by Crippen LogP contribution is 2.34. The van der Waals surface area contributed by atoms with Crippen LogP contribution in [0.5, 0.6) is 0 Å². The summed E-state index contributed by atoms with van der Waals surface area (Å²) < 4.78 is 41.2. The Hall–Kier alpha value is -3.22. The van der Waals surface area contributed by atoms with Gasteiger partial charge in [0.25, 0.3) is 0 Å². The molecule has 0 N–H and O–H groups in total. The number of benzene rings is 2. The first-order valence-electron chi connectivity index (χ1n) is 8.30. The Morgan fingerprint density at radius 2 is 1.85 bits per heavy atom. The zero-order valence-corrected chi connectivity index (χ0v) is 14.4. The van der Waals surface area contributed by atoms with Crippen LogP contribution in [0.2, 0.25) is 0 Å². The van der Waals surface area contributed by atoms with Crippen molar-refractivity contribution in [2.24, 2.45) is 0 Å². The van der Waals surface area contributed by atoms with Crippen molar-refractivity contribution in [3.8, 4) is 0 Å². The third-order valence-electron chi connectivity index (χ3n) is 4.46. The highest BCUT2D eigenvalue weighted by Gasteiger charge is 2.31. The number of aromatic nitrogens is 4. The molecule has 2 aromatic heterocycles. The molecule has 0 saturated heterocycles. The predicted octanol–water partition coefficient (Wildman–Crippen LogP) is 4.79. The second-order valence-electron chi connectivity index (χ2n) is 6.31. The number of alkyl halides is 3. The lowest BCUT2D eigenvalue weighted by Crippen LogP contribution is -2.15. The number of pyridine rings is 1. The third-order valence-corrected chi connectivity index (χ3v) is 4.46. The standard InChI is InChI=1S/C20H15F3N4/c1-13-8-16(9-14-5-3-7-25-18(13)14)19(27-12-24-11-26-27)15-4-2-6-17(10-15)20(21,22)23/h2-12,19H,1H3. The number of hydrogen-bond donors (Lipinski definition) is 0. The van der Waals surface area contributed by atoms with Crippen LogP contribution < -0.4 is 0 Å². The zero-order chi connectivity index (χ0) is 19.0. The summed E-state index contributed by atoms with van der Waals surface area (Å²) in [7, 11) is 0. The molecule has 0 bridgehead atoms. The maximum absolute atomic E-state index is 13.2. The maximum Gasteiger partial charge on any atom is 0.416 e. The number of halogens is 3. The molecule has 27 heavy (non-hydrogen) atoms. The number of nitrogens with zero attached hydrogens (tertiary/aromatic N) is 4. The molecule has 0 aliphatic rings. The minimum Gasteiger partial charge on any atom is -0.256 e. The average Bonchev–Trinajstić information content (AvgIpc) is 3.16. The van der Waals surface area contributed by atoms with E-state index in [1.54, 1.807) is 16.9 Å². The molecule has 1 atom stereocenters. The van der Waals surface area contributed by atoms with Crippen LogP contribution in [0.25, 0.3) is 10.9 Å². The van der Waals surface area contributed by atoms with Gasteiger partial charge in [0.2, 0.25) is 0 Å². The van der Waals surface area contributed by atoms with E-state index < -0.39 is 17.8 Å². The summed E-state index contributed by atoms with van der Waals surface area (Å²) in [6, 6.07) is 12.4. The minimum atomic E-state index is -4.41. The van der Waals surface area contributed by atoms with Crippen LogP contribution in [0.4, 0.5) is 13.2 Å². The second-order valence-corrected chi connectivity index (χ2v) is 6.31. The molecule has 4 aromatic rings. The first-order valence-corrected chi connectivity index (χ1v) is 8.30. The number of aryl methyl sites for hydroxylation is 1. The highest BCUT2D eigenvalue weighted by molar-refractivity contribution is 5.82. The van der Waals surface area contributed by atoms with Crippen molar-refractivity contribution in [1.82, 2.24) is 19.7 Å². The van der Waals surface area contributed by atoms with Gasteiger partial charge in [-0.1, -0.05) is 24.3 Å². The van der Waals surface area contributed by atoms with Gasteiger partial charge in [0.15, 0.2) is 0 Å². The molecule has 0 amide bonds. The van der Waals surface area contributed by atoms with Crippen LogP contribution in [0.15, 0.2) is 67.4 Å². The van der Waals surface area contributed by atoms with Gasteiger partial charge in [-0.2, -0.15) is 18.3 Å². The fourth-order valence-electron chi connectivity index (χ4n) is 3.29. The summed E-state index contributed by atoms with van der Waals surface area (Å²) in [5.74, 6) is 0. The van der Waals surface area contributed by atoms with Gasteiger partial charge in [-0.15, -0.1) is 0 Å². The fourth-order valence-corrected chi connectivity index (χ4v) is 3.29. The van der Waals surface area contributed by atoms with Crippen LogP contribution in [0, 0.1) is 6.92 Å². The lowest BCUT2D eigenvalue weighted by molar-refractivity contribution is -0.137. The Kier molecular flexibility index (Phi) is 4.14. The number of hydrogen-bond acceptors (Lipinski definition) is 3. The minimum absolute atomic E-state index is 0.484. The summed E-state index contributed by atoms with van der Waals surface area (Å²) in [5, 5.41) is 5.10. The van der Waals surface area contributed by atoms with Gasteiger partial charge >= 0.3 is 6.18 Å². The predicted molar refractivity (Wildman–Crippen MR) is 95.2 cm³/mol. The lowest BCUT2D eigenvalue weighted by atomic mass is 9.94. The van der Waals surface area contributed by atoms with Gasteiger partial charge in [0, 0.05) is 11.6 Å². The molecule has 0 radical (unpaired) electrons. The van der Waals surface area contributed by atoms with E-state index in [4.69, 9.17) is 0 Å². The molecule has 4 nitrogen and oxygen atoms in total. The summed E-state index contributed by atoms with van der Waals surface area (Å²) in [6.45, 7) is 1.93. The molecule has 2 heterocycles. The van der Waals surface area contributed by atoms with Crippen molar-refractivity contribution in [2.75, 3.05) is 0 Å². The largest absolute Gasteiger partial charge is 0.416 e. The van der Waals surface area contributed by atoms with Gasteiger partial charge in [-0.3, -0.25) is 4.98 Å². The fraction of sp³-hybridized carbons (Fsp3) is 0.150. The SMILES string of the molecule is Cc1cc(C(c2cccc(C(F)(F)F)c2)n2cncn2)cc2cccnc12. The lowest BCUT2D eigenvalue weighted by Gasteiger charge is -2.20. The monoisotopic (exact) mass is 368 g/mol. The van der Waals surface area contributed by atoms with Crippen LogP contribution in [0.1, 0.15) is 28.3 Å². The molecule has 0 fully saturated rings. The van der Waals surface area contributed by atoms with Gasteiger partial charge in [-0.25, -0.2) is 9.67 Å². The molecular formula is C20H15F3N4. The van der Waals surface area contributed by atoms with Crippen molar-refractivity contribution in [2.45, 2.75) is 19.1 Å². The van der Waals surface area contributed by atoms with Crippen molar-refractivity contribution in [3.63, 3.8) is 0 Å². The van der Waals surface area contributed by atoms with Crippen molar-refractivity contribution < 1.29 is 13.2 Å². The van der Waals surface area contributed by atoms with Crippen LogP contribution in [-0.2, 0) is 6.18 Å². The first-order chi connectivity index (χ1) is 12.9. The molecule has 4 rings (SSSR count). The Morgan fingerprint density at radius 3 is 2.59 bits per heavy atom. The first kappa shape index (κ1) is 17.2. The van der Waals surface area contributed by atoms with E-state index in [1.165, 1.54) is 18.7 Å². The van der Waals surface area contributed by atoms with Gasteiger partial charge in [-0.05, 0) is 47.9 Å². The van der Waals surface area contributed by atoms with Crippen molar-refractivity contribution >= 4 is 10.9 Å². The van der Waals surface area contributed by atoms with Crippen LogP contribution >= 0.6 is 0 Å². The molecule has 136 valence electrons. The van der Waals surface area contributed by atoms with E-state index in [2.05, 4.69) is 15.1 Å². The molecular weight excluding hydrogens is 353 g/mol. The van der Waals surface area contributed by atoms with E-state index in [0.717, 1.165) is 34.2 Å². The maximum atomic E-state index is 13.2. The van der Waals surface area contributed by atoms with Gasteiger partial charge < -0.3 is 0 Å². The Morgan fingerprint density at radius 1 is 1.00 bits per heavy atom. The van der Waals surface area contributed by atoms with Crippen molar-refractivity contribution in [3.05, 3.63) is 89.6 Å². The van der Waals surface area contributed by atoms with Crippen molar-refractivity contribution in [1.29, 1.82) is 0 Å². The van der Waals surface area contributed by atoms with E-state index >= 15 is 0 Å². The topological polar surface area (TPSA) is 43.6 Å². The summed E-state index contributed by atoms with van der Waals surface area (Å²) in [4.78, 5) is 8.35. The molecule has 0 saturated carbocycles. The molecule has 0 spiro atoms. The second kappa shape index (κ2) is 6.50. The molecule has 1 unspecified atom stereocenters. The summed E-state index contributed by atoms with van der Waals surface area (Å²) in [5.41, 5.74) is 2.42. The smallest absolute Gasteiger partial charge is 0.256 e. The average molecular weight is 368 g/mol. The molecule has 2 aromatic carbocycles.